The van der Waals surface area contributed by atoms with E-state index in [9.17, 15) is 4.79 Å². The zero-order chi connectivity index (χ0) is 17.2. The largest absolute Gasteiger partial charge is 0.463 e. The van der Waals surface area contributed by atoms with Crippen LogP contribution in [0.25, 0.3) is 17.1 Å². The molecule has 0 spiro atoms. The summed E-state index contributed by atoms with van der Waals surface area (Å²) in [5.41, 5.74) is 2.57. The van der Waals surface area contributed by atoms with E-state index in [2.05, 4.69) is 20.3 Å². The normalized spacial score (nSPS) is 11.4. The topological polar surface area (TPSA) is 92.0 Å². The number of nitrogens with one attached hydrogen (secondary N) is 2. The van der Waals surface area contributed by atoms with Crippen LogP contribution < -0.4 is 5.56 Å². The molecule has 0 saturated heterocycles. The fraction of sp³-hybridized carbons (Fsp3) is 0.0556. The predicted octanol–water partition coefficient (Wildman–Crippen LogP) is 3.21. The van der Waals surface area contributed by atoms with Crippen molar-refractivity contribution < 1.29 is 4.42 Å². The molecular weight excluding hydrogens is 318 g/mol. The van der Waals surface area contributed by atoms with E-state index in [1.54, 1.807) is 18.4 Å². The van der Waals surface area contributed by atoms with Crippen molar-refractivity contribution in [2.45, 2.75) is 6.92 Å². The van der Waals surface area contributed by atoms with Crippen LogP contribution >= 0.6 is 0 Å². The second-order valence-electron chi connectivity index (χ2n) is 5.50. The Kier molecular flexibility index (Phi) is 3.66. The molecule has 0 aliphatic carbocycles. The van der Waals surface area contributed by atoms with E-state index in [0.29, 0.717) is 17.1 Å². The van der Waals surface area contributed by atoms with Crippen LogP contribution in [0.5, 0.6) is 0 Å². The summed E-state index contributed by atoms with van der Waals surface area (Å²) in [7, 11) is 0. The molecule has 0 aliphatic rings. The number of H-pyrrole nitrogens is 2. The lowest BCUT2D eigenvalue weighted by atomic mass is 10.3. The highest BCUT2D eigenvalue weighted by Crippen LogP contribution is 2.21. The Labute approximate surface area is 142 Å². The Morgan fingerprint density at radius 1 is 1.20 bits per heavy atom. The standard InChI is InChI=1S/C18H15N5O2/c1-12-14(18(24)23(22-12)13-6-3-2-4-7-13)11-19-17-10-15(20-21-17)16-8-5-9-25-16/h2-11,22H,1H3,(H,20,21). The molecule has 0 atom stereocenters. The molecule has 4 rings (SSSR count). The summed E-state index contributed by atoms with van der Waals surface area (Å²) in [4.78, 5) is 16.9. The number of aromatic nitrogens is 4. The van der Waals surface area contributed by atoms with Gasteiger partial charge in [-0.1, -0.05) is 18.2 Å². The van der Waals surface area contributed by atoms with Gasteiger partial charge in [0.1, 0.15) is 5.69 Å². The van der Waals surface area contributed by atoms with Crippen LogP contribution in [0.1, 0.15) is 11.3 Å². The lowest BCUT2D eigenvalue weighted by molar-refractivity contribution is 0.580. The molecule has 1 aromatic carbocycles. The maximum atomic E-state index is 12.6. The van der Waals surface area contributed by atoms with Crippen LogP contribution in [0, 0.1) is 6.92 Å². The van der Waals surface area contributed by atoms with Gasteiger partial charge in [0.2, 0.25) is 0 Å². The van der Waals surface area contributed by atoms with E-state index in [1.165, 1.54) is 10.9 Å². The smallest absolute Gasteiger partial charge is 0.280 e. The first kappa shape index (κ1) is 14.9. The number of nitrogens with zero attached hydrogens (tertiary/aromatic N) is 3. The van der Waals surface area contributed by atoms with Gasteiger partial charge >= 0.3 is 0 Å². The summed E-state index contributed by atoms with van der Waals surface area (Å²) < 4.78 is 6.80. The molecule has 4 aromatic rings. The quantitative estimate of drug-likeness (QED) is 0.562. The summed E-state index contributed by atoms with van der Waals surface area (Å²) in [5, 5.41) is 10.0. The minimum atomic E-state index is -0.158. The maximum absolute atomic E-state index is 12.6. The second-order valence-corrected chi connectivity index (χ2v) is 5.50. The summed E-state index contributed by atoms with van der Waals surface area (Å²) in [5.74, 6) is 1.15. The van der Waals surface area contributed by atoms with Crippen LogP contribution in [-0.4, -0.2) is 26.2 Å². The molecule has 25 heavy (non-hydrogen) atoms. The molecule has 0 radical (unpaired) electrons. The third-order valence-corrected chi connectivity index (χ3v) is 3.81. The highest BCUT2D eigenvalue weighted by atomic mass is 16.3. The molecule has 7 heteroatoms. The van der Waals surface area contributed by atoms with Crippen molar-refractivity contribution in [2.75, 3.05) is 0 Å². The molecule has 0 aliphatic heterocycles. The minimum Gasteiger partial charge on any atom is -0.463 e. The van der Waals surface area contributed by atoms with Crippen molar-refractivity contribution in [2.24, 2.45) is 4.99 Å². The summed E-state index contributed by atoms with van der Waals surface area (Å²) in [6.07, 6.45) is 3.12. The summed E-state index contributed by atoms with van der Waals surface area (Å²) >= 11 is 0. The molecule has 0 fully saturated rings. The fourth-order valence-corrected chi connectivity index (χ4v) is 2.54. The van der Waals surface area contributed by atoms with Gasteiger partial charge < -0.3 is 4.42 Å². The van der Waals surface area contributed by atoms with E-state index in [1.807, 2.05) is 43.3 Å². The average molecular weight is 333 g/mol. The summed E-state index contributed by atoms with van der Waals surface area (Å²) in [6, 6.07) is 14.8. The SMILES string of the molecule is Cc1[nH]n(-c2ccccc2)c(=O)c1C=Nc1cc(-c2ccco2)[nH]n1. The van der Waals surface area contributed by atoms with Gasteiger partial charge in [-0.3, -0.25) is 15.0 Å². The number of para-hydroxylation sites is 1. The predicted molar refractivity (Wildman–Crippen MR) is 94.7 cm³/mol. The van der Waals surface area contributed by atoms with Gasteiger partial charge in [0, 0.05) is 18.0 Å². The molecule has 3 heterocycles. The Hall–Kier alpha value is -3.61. The fourth-order valence-electron chi connectivity index (χ4n) is 2.54. The molecule has 124 valence electrons. The van der Waals surface area contributed by atoms with Crippen molar-refractivity contribution in [1.82, 2.24) is 20.0 Å². The summed E-state index contributed by atoms with van der Waals surface area (Å²) in [6.45, 7) is 1.83. The molecular formula is C18H15N5O2. The van der Waals surface area contributed by atoms with Crippen molar-refractivity contribution in [3.8, 4) is 17.1 Å². The van der Waals surface area contributed by atoms with E-state index in [0.717, 1.165) is 17.1 Å². The number of aliphatic imine (C=N–C) groups is 1. The second kappa shape index (κ2) is 6.12. The zero-order valence-corrected chi connectivity index (χ0v) is 13.4. The Morgan fingerprint density at radius 3 is 2.80 bits per heavy atom. The third kappa shape index (κ3) is 2.83. The first-order chi connectivity index (χ1) is 12.2. The Balaban J connectivity index is 1.64. The highest BCUT2D eigenvalue weighted by molar-refractivity contribution is 5.82. The Bertz CT molecular complexity index is 1070. The molecule has 0 bridgehead atoms. The molecule has 0 amide bonds. The van der Waals surface area contributed by atoms with E-state index in [4.69, 9.17) is 4.42 Å². The number of rotatable bonds is 4. The molecule has 0 saturated carbocycles. The van der Waals surface area contributed by atoms with E-state index < -0.39 is 0 Å². The van der Waals surface area contributed by atoms with Crippen LogP contribution in [0.15, 0.2) is 69.0 Å². The lowest BCUT2D eigenvalue weighted by Crippen LogP contribution is -2.17. The van der Waals surface area contributed by atoms with Gasteiger partial charge in [-0.2, -0.15) is 5.10 Å². The van der Waals surface area contributed by atoms with Gasteiger partial charge in [0.05, 0.1) is 17.5 Å². The first-order valence-electron chi connectivity index (χ1n) is 7.73. The maximum Gasteiger partial charge on any atom is 0.280 e. The van der Waals surface area contributed by atoms with Crippen LogP contribution in [0.3, 0.4) is 0 Å². The van der Waals surface area contributed by atoms with Gasteiger partial charge in [0.25, 0.3) is 5.56 Å². The highest BCUT2D eigenvalue weighted by Gasteiger charge is 2.11. The Morgan fingerprint density at radius 2 is 2.04 bits per heavy atom. The van der Waals surface area contributed by atoms with Crippen molar-refractivity contribution in [3.05, 3.63) is 76.4 Å². The average Bonchev–Trinajstić information content (AvgIpc) is 3.35. The van der Waals surface area contributed by atoms with Gasteiger partial charge in [-0.15, -0.1) is 0 Å². The number of benzene rings is 1. The first-order valence-corrected chi connectivity index (χ1v) is 7.73. The van der Waals surface area contributed by atoms with E-state index >= 15 is 0 Å². The van der Waals surface area contributed by atoms with Gasteiger partial charge in [-0.25, -0.2) is 9.67 Å². The van der Waals surface area contributed by atoms with E-state index in [-0.39, 0.29) is 5.56 Å². The number of aromatic amines is 2. The lowest BCUT2D eigenvalue weighted by Gasteiger charge is -1.99. The third-order valence-electron chi connectivity index (χ3n) is 3.81. The van der Waals surface area contributed by atoms with Crippen molar-refractivity contribution in [3.63, 3.8) is 0 Å². The van der Waals surface area contributed by atoms with Crippen LogP contribution in [0.4, 0.5) is 5.82 Å². The molecule has 2 N–H and O–H groups in total. The molecule has 7 nitrogen and oxygen atoms in total. The van der Waals surface area contributed by atoms with Gasteiger partial charge in [-0.05, 0) is 31.2 Å². The van der Waals surface area contributed by atoms with Gasteiger partial charge in [0.15, 0.2) is 11.6 Å². The number of hydrogen-bond donors (Lipinski definition) is 2. The molecule has 3 aromatic heterocycles. The van der Waals surface area contributed by atoms with Crippen LogP contribution in [0.2, 0.25) is 0 Å². The number of furan rings is 1. The number of hydrogen-bond acceptors (Lipinski definition) is 4. The number of aryl methyl sites for hydroxylation is 1. The molecule has 0 unspecified atom stereocenters. The monoisotopic (exact) mass is 333 g/mol. The van der Waals surface area contributed by atoms with Crippen LogP contribution in [-0.2, 0) is 0 Å². The zero-order valence-electron chi connectivity index (χ0n) is 13.4. The van der Waals surface area contributed by atoms with Crippen molar-refractivity contribution >= 4 is 12.0 Å². The minimum absolute atomic E-state index is 0.158. The van der Waals surface area contributed by atoms with Crippen molar-refractivity contribution in [1.29, 1.82) is 0 Å².